The van der Waals surface area contributed by atoms with Gasteiger partial charge in [-0.15, -0.1) is 6.58 Å². The van der Waals surface area contributed by atoms with Crippen LogP contribution in [0.1, 0.15) is 33.6 Å². The van der Waals surface area contributed by atoms with Crippen molar-refractivity contribution in [3.05, 3.63) is 12.7 Å². The Morgan fingerprint density at radius 2 is 2.11 bits per heavy atom. The molecule has 2 fully saturated rings. The highest BCUT2D eigenvalue weighted by Gasteiger charge is 2.56. The summed E-state index contributed by atoms with van der Waals surface area (Å²) in [5, 5.41) is 2.90. The van der Waals surface area contributed by atoms with E-state index in [1.165, 1.54) is 0 Å². The normalized spacial score (nSPS) is 32.7. The van der Waals surface area contributed by atoms with Crippen molar-refractivity contribution in [2.45, 2.75) is 45.2 Å². The third kappa shape index (κ3) is 1.84. The van der Waals surface area contributed by atoms with E-state index in [9.17, 15) is 9.59 Å². The van der Waals surface area contributed by atoms with E-state index in [0.717, 1.165) is 12.8 Å². The summed E-state index contributed by atoms with van der Waals surface area (Å²) in [6.07, 6.45) is 3.75. The van der Waals surface area contributed by atoms with E-state index in [2.05, 4.69) is 11.9 Å². The summed E-state index contributed by atoms with van der Waals surface area (Å²) >= 11 is 0. The first kappa shape index (κ1) is 13.1. The second kappa shape index (κ2) is 4.41. The summed E-state index contributed by atoms with van der Waals surface area (Å²) in [5.41, 5.74) is -0.684. The van der Waals surface area contributed by atoms with E-state index >= 15 is 0 Å². The van der Waals surface area contributed by atoms with Crippen molar-refractivity contribution in [2.75, 3.05) is 6.54 Å². The number of carbonyl (C=O) groups is 2. The average molecular weight is 250 g/mol. The molecule has 0 aromatic heterocycles. The lowest BCUT2D eigenvalue weighted by Crippen LogP contribution is -2.71. The van der Waals surface area contributed by atoms with Gasteiger partial charge in [-0.3, -0.25) is 9.59 Å². The van der Waals surface area contributed by atoms with Crippen LogP contribution in [0.25, 0.3) is 0 Å². The van der Waals surface area contributed by atoms with Gasteiger partial charge < -0.3 is 10.2 Å². The van der Waals surface area contributed by atoms with E-state index in [1.54, 1.807) is 11.0 Å². The summed E-state index contributed by atoms with van der Waals surface area (Å²) < 4.78 is 0. The maximum Gasteiger partial charge on any atom is 0.246 e. The number of nitrogens with zero attached hydrogens (tertiary/aromatic N) is 1. The van der Waals surface area contributed by atoms with Gasteiger partial charge in [-0.25, -0.2) is 0 Å². The minimum absolute atomic E-state index is 0.00912. The van der Waals surface area contributed by atoms with Gasteiger partial charge in [0, 0.05) is 6.54 Å². The molecule has 1 saturated carbocycles. The van der Waals surface area contributed by atoms with E-state index in [0.29, 0.717) is 12.5 Å². The van der Waals surface area contributed by atoms with Crippen LogP contribution >= 0.6 is 0 Å². The molecule has 1 N–H and O–H groups in total. The number of hydrogen-bond donors (Lipinski definition) is 1. The van der Waals surface area contributed by atoms with Crippen LogP contribution in [0.4, 0.5) is 0 Å². The molecule has 1 aliphatic heterocycles. The molecule has 4 heteroatoms. The molecule has 100 valence electrons. The average Bonchev–Trinajstić information content (AvgIpc) is 3.13. The molecule has 1 saturated heterocycles. The Hall–Kier alpha value is -1.32. The molecule has 1 heterocycles. The molecule has 0 aromatic carbocycles. The zero-order valence-corrected chi connectivity index (χ0v) is 11.4. The zero-order valence-electron chi connectivity index (χ0n) is 11.4. The molecule has 2 unspecified atom stereocenters. The number of amides is 2. The minimum atomic E-state index is -0.684. The van der Waals surface area contributed by atoms with Crippen LogP contribution < -0.4 is 5.32 Å². The van der Waals surface area contributed by atoms with Crippen molar-refractivity contribution in [3.8, 4) is 0 Å². The van der Waals surface area contributed by atoms with Crippen molar-refractivity contribution >= 4 is 11.8 Å². The van der Waals surface area contributed by atoms with Crippen LogP contribution in [0.2, 0.25) is 0 Å². The fraction of sp³-hybridized carbons (Fsp3) is 0.714. The van der Waals surface area contributed by atoms with Gasteiger partial charge in [0.25, 0.3) is 0 Å². The predicted molar refractivity (Wildman–Crippen MR) is 69.8 cm³/mol. The number of nitrogens with one attached hydrogen (secondary N) is 1. The number of hydrogen-bond acceptors (Lipinski definition) is 2. The van der Waals surface area contributed by atoms with Gasteiger partial charge in [0.15, 0.2) is 0 Å². The molecule has 2 atom stereocenters. The van der Waals surface area contributed by atoms with E-state index < -0.39 is 11.6 Å². The maximum absolute atomic E-state index is 12.5. The molecule has 0 radical (unpaired) electrons. The van der Waals surface area contributed by atoms with Crippen molar-refractivity contribution < 1.29 is 9.59 Å². The molecular formula is C14H22N2O2. The van der Waals surface area contributed by atoms with E-state index in [1.807, 2.05) is 20.8 Å². The van der Waals surface area contributed by atoms with Gasteiger partial charge in [-0.05, 0) is 31.6 Å². The quantitative estimate of drug-likeness (QED) is 0.765. The molecule has 18 heavy (non-hydrogen) atoms. The molecule has 1 aliphatic carbocycles. The van der Waals surface area contributed by atoms with Crippen molar-refractivity contribution in [3.63, 3.8) is 0 Å². The zero-order chi connectivity index (χ0) is 13.5. The molecule has 4 nitrogen and oxygen atoms in total. The number of carbonyl (C=O) groups excluding carboxylic acids is 2. The minimum Gasteiger partial charge on any atom is -0.342 e. The standard InChI is InChI=1S/C14H22N2O2/c1-5-8-16-12(17)11(9(2)3)15-13(18)14(16,4)10-6-7-10/h5,9-11H,1,6-8H2,2-4H3,(H,15,18). The molecule has 0 bridgehead atoms. The lowest BCUT2D eigenvalue weighted by atomic mass is 9.86. The lowest BCUT2D eigenvalue weighted by molar-refractivity contribution is -0.158. The Labute approximate surface area is 108 Å². The molecule has 0 aromatic rings. The predicted octanol–water partition coefficient (Wildman–Crippen LogP) is 1.32. The van der Waals surface area contributed by atoms with Crippen molar-refractivity contribution in [1.82, 2.24) is 10.2 Å². The van der Waals surface area contributed by atoms with E-state index in [-0.39, 0.29) is 17.7 Å². The largest absolute Gasteiger partial charge is 0.342 e. The molecule has 2 aliphatic rings. The van der Waals surface area contributed by atoms with Gasteiger partial charge in [0.05, 0.1) is 0 Å². The van der Waals surface area contributed by atoms with Crippen LogP contribution in [-0.4, -0.2) is 34.8 Å². The SMILES string of the molecule is C=CCN1C(=O)C(C(C)C)NC(=O)C1(C)C1CC1. The molecular weight excluding hydrogens is 228 g/mol. The number of rotatable bonds is 4. The molecule has 2 rings (SSSR count). The summed E-state index contributed by atoms with van der Waals surface area (Å²) in [4.78, 5) is 26.6. The van der Waals surface area contributed by atoms with Gasteiger partial charge in [0.2, 0.25) is 11.8 Å². The summed E-state index contributed by atoms with van der Waals surface area (Å²) in [6.45, 7) is 9.94. The monoisotopic (exact) mass is 250 g/mol. The van der Waals surface area contributed by atoms with Crippen LogP contribution in [-0.2, 0) is 9.59 Å². The molecule has 2 amide bonds. The van der Waals surface area contributed by atoms with Gasteiger partial charge in [-0.1, -0.05) is 19.9 Å². The Kier molecular flexibility index (Phi) is 3.21. The van der Waals surface area contributed by atoms with Gasteiger partial charge in [0.1, 0.15) is 11.6 Å². The summed E-state index contributed by atoms with van der Waals surface area (Å²) in [5.74, 6) is 0.427. The van der Waals surface area contributed by atoms with E-state index in [4.69, 9.17) is 0 Å². The Bertz CT molecular complexity index is 387. The highest BCUT2D eigenvalue weighted by atomic mass is 16.2. The Balaban J connectivity index is 2.34. The first-order valence-corrected chi connectivity index (χ1v) is 6.66. The summed E-state index contributed by atoms with van der Waals surface area (Å²) in [7, 11) is 0. The fourth-order valence-electron chi connectivity index (χ4n) is 2.78. The number of piperazine rings is 1. The van der Waals surface area contributed by atoms with Gasteiger partial charge >= 0.3 is 0 Å². The second-order valence-electron chi connectivity index (χ2n) is 5.85. The Morgan fingerprint density at radius 3 is 2.56 bits per heavy atom. The summed E-state index contributed by atoms with van der Waals surface area (Å²) in [6, 6.07) is -0.399. The fourth-order valence-corrected chi connectivity index (χ4v) is 2.78. The van der Waals surface area contributed by atoms with Crippen LogP contribution in [0.15, 0.2) is 12.7 Å². The van der Waals surface area contributed by atoms with Crippen LogP contribution in [0.3, 0.4) is 0 Å². The third-order valence-electron chi connectivity index (χ3n) is 4.19. The van der Waals surface area contributed by atoms with Crippen molar-refractivity contribution in [1.29, 1.82) is 0 Å². The molecule has 0 spiro atoms. The highest BCUT2D eigenvalue weighted by Crippen LogP contribution is 2.45. The van der Waals surface area contributed by atoms with Crippen LogP contribution in [0.5, 0.6) is 0 Å². The van der Waals surface area contributed by atoms with Crippen LogP contribution in [0, 0.1) is 11.8 Å². The highest BCUT2D eigenvalue weighted by molar-refractivity contribution is 6.00. The lowest BCUT2D eigenvalue weighted by Gasteiger charge is -2.47. The second-order valence-corrected chi connectivity index (χ2v) is 5.85. The smallest absolute Gasteiger partial charge is 0.246 e. The Morgan fingerprint density at radius 1 is 1.50 bits per heavy atom. The van der Waals surface area contributed by atoms with Gasteiger partial charge in [-0.2, -0.15) is 0 Å². The maximum atomic E-state index is 12.5. The topological polar surface area (TPSA) is 49.4 Å². The third-order valence-corrected chi connectivity index (χ3v) is 4.19. The van der Waals surface area contributed by atoms with Crippen molar-refractivity contribution in [2.24, 2.45) is 11.8 Å². The first-order chi connectivity index (χ1) is 8.42. The first-order valence-electron chi connectivity index (χ1n) is 6.66.